The van der Waals surface area contributed by atoms with Gasteiger partial charge in [-0.2, -0.15) is 0 Å². The maximum absolute atomic E-state index is 11.4. The van der Waals surface area contributed by atoms with Crippen molar-refractivity contribution < 1.29 is 14.3 Å². The van der Waals surface area contributed by atoms with Crippen molar-refractivity contribution in [2.24, 2.45) is 0 Å². The number of hydrogen-bond acceptors (Lipinski definition) is 3. The molecule has 0 amide bonds. The number of ketones is 2. The van der Waals surface area contributed by atoms with Crippen molar-refractivity contribution in [3.63, 3.8) is 0 Å². The van der Waals surface area contributed by atoms with Crippen LogP contribution < -0.4 is 0 Å². The Morgan fingerprint density at radius 2 is 1.81 bits per heavy atom. The second kappa shape index (κ2) is 4.57. The molecule has 0 aliphatic heterocycles. The van der Waals surface area contributed by atoms with Crippen LogP contribution in [0.3, 0.4) is 0 Å². The van der Waals surface area contributed by atoms with Gasteiger partial charge in [0.25, 0.3) is 5.78 Å². The minimum absolute atomic E-state index is 0.108. The molecule has 80 valence electrons. The molecule has 1 aromatic carbocycles. The van der Waals surface area contributed by atoms with Gasteiger partial charge in [-0.3, -0.25) is 9.59 Å². The van der Waals surface area contributed by atoms with Crippen molar-refractivity contribution in [2.75, 3.05) is 0 Å². The predicted molar refractivity (Wildman–Crippen MR) is 58.5 cm³/mol. The predicted octanol–water partition coefficient (Wildman–Crippen LogP) is 1.80. The third-order valence-electron chi connectivity index (χ3n) is 2.18. The van der Waals surface area contributed by atoms with Crippen LogP contribution in [-0.2, 0) is 20.9 Å². The molecule has 16 heavy (non-hydrogen) atoms. The molecule has 0 atom stereocenters. The van der Waals surface area contributed by atoms with Crippen LogP contribution in [0.25, 0.3) is 0 Å². The largest absolute Gasteiger partial charge is 0.485 e. The summed E-state index contributed by atoms with van der Waals surface area (Å²) in [5.74, 6) is -1.01. The summed E-state index contributed by atoms with van der Waals surface area (Å²) in [4.78, 5) is 22.4. The summed E-state index contributed by atoms with van der Waals surface area (Å²) in [6, 6.07) is 9.47. The first-order valence-electron chi connectivity index (χ1n) is 4.91. The molecule has 0 bridgehead atoms. The Hall–Kier alpha value is -2.16. The standard InChI is InChI=1S/C13H10O3/c14-11-7-4-8-12(13(11)15)16-9-10-5-2-1-3-6-10/h1-8H,9H2. The quantitative estimate of drug-likeness (QED) is 0.569. The van der Waals surface area contributed by atoms with Gasteiger partial charge in [0.05, 0.1) is 0 Å². The molecule has 1 aliphatic carbocycles. The molecule has 0 saturated carbocycles. The summed E-state index contributed by atoms with van der Waals surface area (Å²) in [7, 11) is 0. The van der Waals surface area contributed by atoms with Crippen molar-refractivity contribution in [3.8, 4) is 0 Å². The molecule has 3 heteroatoms. The van der Waals surface area contributed by atoms with Gasteiger partial charge in [0.1, 0.15) is 6.61 Å². The van der Waals surface area contributed by atoms with Crippen molar-refractivity contribution >= 4 is 11.6 Å². The molecule has 0 spiro atoms. The van der Waals surface area contributed by atoms with Crippen molar-refractivity contribution in [2.45, 2.75) is 6.61 Å². The smallest absolute Gasteiger partial charge is 0.267 e. The Labute approximate surface area is 93.0 Å². The summed E-state index contributed by atoms with van der Waals surface area (Å²) in [5, 5.41) is 0. The number of ether oxygens (including phenoxy) is 1. The number of benzene rings is 1. The zero-order valence-corrected chi connectivity index (χ0v) is 8.55. The molecule has 2 rings (SSSR count). The fourth-order valence-corrected chi connectivity index (χ4v) is 1.34. The van der Waals surface area contributed by atoms with Gasteiger partial charge in [-0.25, -0.2) is 0 Å². The van der Waals surface area contributed by atoms with Crippen LogP contribution in [0, 0.1) is 0 Å². The summed E-state index contributed by atoms with van der Waals surface area (Å²) in [5.41, 5.74) is 0.957. The molecule has 0 fully saturated rings. The lowest BCUT2D eigenvalue weighted by Crippen LogP contribution is -2.18. The lowest BCUT2D eigenvalue weighted by atomic mass is 10.1. The highest BCUT2D eigenvalue weighted by molar-refractivity contribution is 6.47. The Bertz CT molecular complexity index is 469. The monoisotopic (exact) mass is 214 g/mol. The van der Waals surface area contributed by atoms with Crippen LogP contribution >= 0.6 is 0 Å². The third kappa shape index (κ3) is 2.25. The van der Waals surface area contributed by atoms with Gasteiger partial charge in [0.2, 0.25) is 5.78 Å². The Balaban J connectivity index is 2.01. The lowest BCUT2D eigenvalue weighted by Gasteiger charge is -2.09. The molecule has 0 heterocycles. The number of Topliss-reactive ketones (excluding diaryl/α,β-unsaturated/α-hetero) is 1. The van der Waals surface area contributed by atoms with E-state index < -0.39 is 11.6 Å². The average molecular weight is 214 g/mol. The SMILES string of the molecule is O=C1C=CC=C(OCc2ccccc2)C1=O. The molecular weight excluding hydrogens is 204 g/mol. The second-order valence-corrected chi connectivity index (χ2v) is 3.36. The van der Waals surface area contributed by atoms with E-state index >= 15 is 0 Å². The molecule has 0 saturated heterocycles. The molecule has 0 unspecified atom stereocenters. The van der Waals surface area contributed by atoms with E-state index in [0.29, 0.717) is 6.61 Å². The zero-order chi connectivity index (χ0) is 11.4. The first-order valence-corrected chi connectivity index (χ1v) is 4.91. The van der Waals surface area contributed by atoms with Crippen molar-refractivity contribution in [1.82, 2.24) is 0 Å². The molecule has 0 N–H and O–H groups in total. The Morgan fingerprint density at radius 3 is 2.56 bits per heavy atom. The molecular formula is C13H10O3. The fourth-order valence-electron chi connectivity index (χ4n) is 1.34. The first kappa shape index (κ1) is 10.4. The van der Waals surface area contributed by atoms with Gasteiger partial charge in [-0.1, -0.05) is 36.4 Å². The zero-order valence-electron chi connectivity index (χ0n) is 8.55. The highest BCUT2D eigenvalue weighted by atomic mass is 16.5. The van der Waals surface area contributed by atoms with E-state index in [0.717, 1.165) is 5.56 Å². The van der Waals surface area contributed by atoms with Crippen LogP contribution in [0.1, 0.15) is 5.56 Å². The fraction of sp³-hybridized carbons (Fsp3) is 0.0769. The maximum Gasteiger partial charge on any atom is 0.267 e. The van der Waals surface area contributed by atoms with Gasteiger partial charge < -0.3 is 4.74 Å². The Kier molecular flexibility index (Phi) is 2.96. The van der Waals surface area contributed by atoms with Gasteiger partial charge in [-0.15, -0.1) is 0 Å². The number of carbonyl (C=O) groups is 2. The van der Waals surface area contributed by atoms with Crippen LogP contribution in [0.15, 0.2) is 54.3 Å². The number of hydrogen-bond donors (Lipinski definition) is 0. The van der Waals surface area contributed by atoms with E-state index in [9.17, 15) is 9.59 Å². The van der Waals surface area contributed by atoms with Crippen LogP contribution in [-0.4, -0.2) is 11.6 Å². The maximum atomic E-state index is 11.4. The molecule has 1 aliphatic rings. The first-order chi connectivity index (χ1) is 7.77. The number of allylic oxidation sites excluding steroid dienone is 4. The van der Waals surface area contributed by atoms with E-state index in [1.807, 2.05) is 30.3 Å². The van der Waals surface area contributed by atoms with E-state index in [-0.39, 0.29) is 5.76 Å². The summed E-state index contributed by atoms with van der Waals surface area (Å²) in [6.45, 7) is 0.291. The third-order valence-corrected chi connectivity index (χ3v) is 2.18. The van der Waals surface area contributed by atoms with E-state index in [1.54, 1.807) is 0 Å². The summed E-state index contributed by atoms with van der Waals surface area (Å²) in [6.07, 6.45) is 4.26. The van der Waals surface area contributed by atoms with Crippen molar-refractivity contribution in [3.05, 3.63) is 59.9 Å². The van der Waals surface area contributed by atoms with Crippen LogP contribution in [0.2, 0.25) is 0 Å². The highest BCUT2D eigenvalue weighted by Crippen LogP contribution is 2.10. The molecule has 0 radical (unpaired) electrons. The topological polar surface area (TPSA) is 43.4 Å². The molecule has 1 aromatic rings. The van der Waals surface area contributed by atoms with Crippen LogP contribution in [0.5, 0.6) is 0 Å². The van der Waals surface area contributed by atoms with Gasteiger partial charge in [-0.05, 0) is 17.7 Å². The lowest BCUT2D eigenvalue weighted by molar-refractivity contribution is -0.133. The highest BCUT2D eigenvalue weighted by Gasteiger charge is 2.20. The van der Waals surface area contributed by atoms with Crippen LogP contribution in [0.4, 0.5) is 0 Å². The second-order valence-electron chi connectivity index (χ2n) is 3.36. The van der Waals surface area contributed by atoms with E-state index in [2.05, 4.69) is 0 Å². The van der Waals surface area contributed by atoms with E-state index in [4.69, 9.17) is 4.74 Å². The summed E-state index contributed by atoms with van der Waals surface area (Å²) < 4.78 is 5.29. The number of carbonyl (C=O) groups excluding carboxylic acids is 2. The number of rotatable bonds is 3. The average Bonchev–Trinajstić information content (AvgIpc) is 2.32. The van der Waals surface area contributed by atoms with Gasteiger partial charge in [0.15, 0.2) is 5.76 Å². The van der Waals surface area contributed by atoms with Gasteiger partial charge >= 0.3 is 0 Å². The molecule has 0 aromatic heterocycles. The minimum atomic E-state index is -0.585. The van der Waals surface area contributed by atoms with Crippen molar-refractivity contribution in [1.29, 1.82) is 0 Å². The molecule has 3 nitrogen and oxygen atoms in total. The van der Waals surface area contributed by atoms with Gasteiger partial charge in [0, 0.05) is 0 Å². The summed E-state index contributed by atoms with van der Waals surface area (Å²) >= 11 is 0. The van der Waals surface area contributed by atoms with E-state index in [1.165, 1.54) is 18.2 Å². The normalized spacial score (nSPS) is 14.9. The minimum Gasteiger partial charge on any atom is -0.485 e. The Morgan fingerprint density at radius 1 is 1.06 bits per heavy atom.